The number of phenols is 1. The Bertz CT molecular complexity index is 1340. The van der Waals surface area contributed by atoms with Gasteiger partial charge in [0.2, 0.25) is 0 Å². The highest BCUT2D eigenvalue weighted by Gasteiger charge is 2.11. The summed E-state index contributed by atoms with van der Waals surface area (Å²) in [6.07, 6.45) is 0. The molecule has 0 atom stereocenters. The van der Waals surface area contributed by atoms with Crippen LogP contribution in [0.4, 0.5) is 5.69 Å². The molecule has 1 amide bonds. The van der Waals surface area contributed by atoms with Crippen LogP contribution in [0.5, 0.6) is 5.75 Å². The molecule has 0 bridgehead atoms. The van der Waals surface area contributed by atoms with Gasteiger partial charge in [0, 0.05) is 38.4 Å². The summed E-state index contributed by atoms with van der Waals surface area (Å²) in [7, 11) is 0. The van der Waals surface area contributed by atoms with Gasteiger partial charge in [-0.1, -0.05) is 23.2 Å². The van der Waals surface area contributed by atoms with E-state index in [0.717, 1.165) is 10.3 Å². The van der Waals surface area contributed by atoms with Crippen LogP contribution in [0.25, 0.3) is 11.0 Å². The summed E-state index contributed by atoms with van der Waals surface area (Å²) in [5, 5.41) is 13.8. The maximum absolute atomic E-state index is 12.4. The summed E-state index contributed by atoms with van der Waals surface area (Å²) in [5.74, 6) is 0.135. The van der Waals surface area contributed by atoms with Gasteiger partial charge in [-0.3, -0.25) is 4.79 Å². The molecule has 4 rings (SSSR count). The number of amides is 1. The van der Waals surface area contributed by atoms with Gasteiger partial charge in [0.1, 0.15) is 11.3 Å². The summed E-state index contributed by atoms with van der Waals surface area (Å²) >= 11 is 13.4. The average Bonchev–Trinajstić information content (AvgIpc) is 2.73. The van der Waals surface area contributed by atoms with Gasteiger partial charge in [0.15, 0.2) is 0 Å². The van der Waals surface area contributed by atoms with Gasteiger partial charge in [0.25, 0.3) is 5.91 Å². The first-order chi connectivity index (χ1) is 14.9. The zero-order chi connectivity index (χ0) is 22.0. The number of halogens is 2. The van der Waals surface area contributed by atoms with Crippen LogP contribution >= 0.6 is 35.0 Å². The van der Waals surface area contributed by atoms with Crippen LogP contribution < -0.4 is 10.9 Å². The molecule has 0 spiro atoms. The van der Waals surface area contributed by atoms with E-state index in [-0.39, 0.29) is 16.7 Å². The van der Waals surface area contributed by atoms with Crippen molar-refractivity contribution in [3.05, 3.63) is 98.3 Å². The molecule has 0 saturated carbocycles. The molecule has 3 aromatic carbocycles. The van der Waals surface area contributed by atoms with Crippen molar-refractivity contribution in [3.8, 4) is 5.75 Å². The Hall–Kier alpha value is -2.93. The quantitative estimate of drug-likeness (QED) is 0.261. The summed E-state index contributed by atoms with van der Waals surface area (Å²) < 4.78 is 5.29. The average molecular weight is 472 g/mol. The highest BCUT2D eigenvalue weighted by molar-refractivity contribution is 7.98. The fourth-order valence-electron chi connectivity index (χ4n) is 2.91. The van der Waals surface area contributed by atoms with Crippen molar-refractivity contribution in [1.29, 1.82) is 0 Å². The van der Waals surface area contributed by atoms with E-state index in [1.807, 2.05) is 12.1 Å². The smallest absolute Gasteiger partial charge is 0.340 e. The summed E-state index contributed by atoms with van der Waals surface area (Å²) in [5.41, 5.74) is 1.39. The Morgan fingerprint density at radius 2 is 1.77 bits per heavy atom. The predicted molar refractivity (Wildman–Crippen MR) is 125 cm³/mol. The van der Waals surface area contributed by atoms with Crippen molar-refractivity contribution < 1.29 is 14.3 Å². The number of carbonyl (C=O) groups excluding carboxylic acids is 1. The third-order valence-corrected chi connectivity index (χ3v) is 6.08. The minimum Gasteiger partial charge on any atom is -0.508 e. The largest absolute Gasteiger partial charge is 0.508 e. The molecule has 0 fully saturated rings. The maximum atomic E-state index is 12.4. The second-order valence-corrected chi connectivity index (χ2v) is 8.56. The summed E-state index contributed by atoms with van der Waals surface area (Å²) in [4.78, 5) is 25.5. The number of rotatable bonds is 5. The van der Waals surface area contributed by atoms with Crippen LogP contribution in [0.2, 0.25) is 10.0 Å². The highest BCUT2D eigenvalue weighted by Crippen LogP contribution is 2.26. The Kier molecular flexibility index (Phi) is 6.23. The van der Waals surface area contributed by atoms with Crippen LogP contribution in [0, 0.1) is 0 Å². The van der Waals surface area contributed by atoms with Gasteiger partial charge in [0.05, 0.1) is 10.6 Å². The zero-order valence-corrected chi connectivity index (χ0v) is 18.2. The third kappa shape index (κ3) is 5.05. The molecule has 0 aliphatic carbocycles. The number of thioether (sulfide) groups is 1. The Morgan fingerprint density at radius 1 is 1.00 bits per heavy atom. The van der Waals surface area contributed by atoms with Crippen molar-refractivity contribution in [2.24, 2.45) is 0 Å². The lowest BCUT2D eigenvalue weighted by Gasteiger charge is -2.08. The normalized spacial score (nSPS) is 10.9. The van der Waals surface area contributed by atoms with E-state index in [4.69, 9.17) is 27.6 Å². The van der Waals surface area contributed by atoms with Crippen molar-refractivity contribution in [2.45, 2.75) is 10.6 Å². The zero-order valence-electron chi connectivity index (χ0n) is 15.9. The molecule has 1 aromatic heterocycles. The molecule has 0 saturated heterocycles. The van der Waals surface area contributed by atoms with E-state index in [1.165, 1.54) is 23.9 Å². The molecule has 156 valence electrons. The SMILES string of the molecule is O=C(Nc1ccc(SCc2cc3ccc(O)cc3oc2=O)cc1)c1ccc(Cl)cc1Cl. The molecular formula is C23H15Cl2NO4S. The number of phenolic OH excluding ortho intramolecular Hbond substituents is 1. The van der Waals surface area contributed by atoms with E-state index in [9.17, 15) is 14.7 Å². The topological polar surface area (TPSA) is 79.5 Å². The predicted octanol–water partition coefficient (Wildman–Crippen LogP) is 6.35. The van der Waals surface area contributed by atoms with Crippen molar-refractivity contribution >= 4 is 57.5 Å². The second-order valence-electron chi connectivity index (χ2n) is 6.67. The van der Waals surface area contributed by atoms with Crippen LogP contribution in [-0.4, -0.2) is 11.0 Å². The van der Waals surface area contributed by atoms with Crippen LogP contribution in [0.3, 0.4) is 0 Å². The number of fused-ring (bicyclic) bond motifs is 1. The van der Waals surface area contributed by atoms with Crippen LogP contribution in [0.15, 0.2) is 80.8 Å². The number of hydrogen-bond donors (Lipinski definition) is 2. The minimum atomic E-state index is -0.436. The van der Waals surface area contributed by atoms with E-state index in [1.54, 1.807) is 42.5 Å². The first kappa shape index (κ1) is 21.3. The van der Waals surface area contributed by atoms with Gasteiger partial charge in [-0.25, -0.2) is 4.79 Å². The highest BCUT2D eigenvalue weighted by atomic mass is 35.5. The lowest BCUT2D eigenvalue weighted by Crippen LogP contribution is -2.12. The fraction of sp³-hybridized carbons (Fsp3) is 0.0435. The van der Waals surface area contributed by atoms with Crippen LogP contribution in [-0.2, 0) is 5.75 Å². The monoisotopic (exact) mass is 471 g/mol. The number of aromatic hydroxyl groups is 1. The van der Waals surface area contributed by atoms with E-state index in [2.05, 4.69) is 5.32 Å². The number of nitrogens with one attached hydrogen (secondary N) is 1. The summed E-state index contributed by atoms with van der Waals surface area (Å²) in [6.45, 7) is 0. The molecule has 4 aromatic rings. The molecule has 8 heteroatoms. The molecule has 2 N–H and O–H groups in total. The lowest BCUT2D eigenvalue weighted by atomic mass is 10.2. The number of hydrogen-bond acceptors (Lipinski definition) is 5. The molecule has 31 heavy (non-hydrogen) atoms. The number of anilines is 1. The fourth-order valence-corrected chi connectivity index (χ4v) is 4.26. The van der Waals surface area contributed by atoms with Crippen molar-refractivity contribution in [1.82, 2.24) is 0 Å². The Balaban J connectivity index is 1.42. The van der Waals surface area contributed by atoms with Crippen molar-refractivity contribution in [2.75, 3.05) is 5.32 Å². The van der Waals surface area contributed by atoms with Gasteiger partial charge < -0.3 is 14.8 Å². The number of benzene rings is 3. The maximum Gasteiger partial charge on any atom is 0.340 e. The first-order valence-electron chi connectivity index (χ1n) is 9.14. The number of carbonyl (C=O) groups is 1. The summed E-state index contributed by atoms with van der Waals surface area (Å²) in [6, 6.07) is 18.4. The van der Waals surface area contributed by atoms with Crippen LogP contribution in [0.1, 0.15) is 15.9 Å². The van der Waals surface area contributed by atoms with Crippen molar-refractivity contribution in [3.63, 3.8) is 0 Å². The third-order valence-electron chi connectivity index (χ3n) is 4.47. The van der Waals surface area contributed by atoms with Gasteiger partial charge >= 0.3 is 5.63 Å². The second kappa shape index (κ2) is 9.06. The standard InChI is InChI=1S/C23H15Cl2NO4S/c24-15-2-8-19(20(25)10-15)22(28)26-16-3-6-18(7-4-16)31-12-14-9-13-1-5-17(27)11-21(13)30-23(14)29/h1-11,27H,12H2,(H,26,28). The molecule has 0 radical (unpaired) electrons. The van der Waals surface area contributed by atoms with Gasteiger partial charge in [-0.15, -0.1) is 11.8 Å². The molecule has 0 aliphatic rings. The molecular weight excluding hydrogens is 457 g/mol. The van der Waals surface area contributed by atoms with E-state index >= 15 is 0 Å². The Morgan fingerprint density at radius 3 is 2.52 bits per heavy atom. The molecule has 0 aliphatic heterocycles. The molecule has 0 unspecified atom stereocenters. The Labute approximate surface area is 191 Å². The van der Waals surface area contributed by atoms with Gasteiger partial charge in [-0.2, -0.15) is 0 Å². The van der Waals surface area contributed by atoms with Gasteiger partial charge in [-0.05, 0) is 60.7 Å². The van der Waals surface area contributed by atoms with E-state index < -0.39 is 5.63 Å². The first-order valence-corrected chi connectivity index (χ1v) is 10.9. The molecule has 5 nitrogen and oxygen atoms in total. The molecule has 1 heterocycles. The minimum absolute atomic E-state index is 0.0447. The van der Waals surface area contributed by atoms with E-state index in [0.29, 0.717) is 33.2 Å². The lowest BCUT2D eigenvalue weighted by molar-refractivity contribution is 0.102.